The summed E-state index contributed by atoms with van der Waals surface area (Å²) in [5.74, 6) is 0.576. The van der Waals surface area contributed by atoms with Crippen molar-refractivity contribution in [3.63, 3.8) is 0 Å². The zero-order valence-corrected chi connectivity index (χ0v) is 7.92. The van der Waals surface area contributed by atoms with Gasteiger partial charge in [0.1, 0.15) is 0 Å². The largest absolute Gasteiger partial charge is 0.390 e. The van der Waals surface area contributed by atoms with Crippen molar-refractivity contribution in [2.45, 2.75) is 45.3 Å². The Kier molecular flexibility index (Phi) is 2.42. The van der Waals surface area contributed by atoms with Gasteiger partial charge in [0.25, 0.3) is 0 Å². The highest BCUT2D eigenvalue weighted by atomic mass is 16.3. The van der Waals surface area contributed by atoms with Crippen LogP contribution >= 0.6 is 0 Å². The maximum Gasteiger partial charge on any atom is 0.223 e. The molecule has 0 aromatic carbocycles. The van der Waals surface area contributed by atoms with Crippen molar-refractivity contribution < 1.29 is 9.90 Å². The highest BCUT2D eigenvalue weighted by Crippen LogP contribution is 2.29. The lowest BCUT2D eigenvalue weighted by molar-refractivity contribution is -0.125. The van der Waals surface area contributed by atoms with E-state index in [-0.39, 0.29) is 12.3 Å². The van der Waals surface area contributed by atoms with Gasteiger partial charge in [-0.2, -0.15) is 0 Å². The molecule has 1 aliphatic rings. The average molecular weight is 171 g/mol. The van der Waals surface area contributed by atoms with Crippen molar-refractivity contribution in [2.24, 2.45) is 5.92 Å². The van der Waals surface area contributed by atoms with E-state index < -0.39 is 5.60 Å². The van der Waals surface area contributed by atoms with E-state index in [9.17, 15) is 9.90 Å². The Morgan fingerprint density at radius 3 is 2.50 bits per heavy atom. The molecule has 2 N–H and O–H groups in total. The molecule has 1 rings (SSSR count). The fourth-order valence-electron chi connectivity index (χ4n) is 1.17. The van der Waals surface area contributed by atoms with Crippen LogP contribution in [0.4, 0.5) is 0 Å². The predicted molar refractivity (Wildman–Crippen MR) is 46.6 cm³/mol. The maximum atomic E-state index is 11.2. The molecule has 3 heteroatoms. The second-order valence-electron chi connectivity index (χ2n) is 4.38. The molecule has 2 unspecified atom stereocenters. The number of amides is 1. The third-order valence-corrected chi connectivity index (χ3v) is 2.05. The molecule has 0 saturated heterocycles. The van der Waals surface area contributed by atoms with E-state index in [2.05, 4.69) is 12.2 Å². The normalized spacial score (nSPS) is 28.3. The van der Waals surface area contributed by atoms with Gasteiger partial charge in [-0.05, 0) is 26.2 Å². The van der Waals surface area contributed by atoms with E-state index in [1.54, 1.807) is 13.8 Å². The Labute approximate surface area is 73.2 Å². The lowest BCUT2D eigenvalue weighted by atomic mass is 10.1. The van der Waals surface area contributed by atoms with E-state index in [1.165, 1.54) is 0 Å². The summed E-state index contributed by atoms with van der Waals surface area (Å²) in [7, 11) is 0. The number of nitrogens with one attached hydrogen (secondary N) is 1. The quantitative estimate of drug-likeness (QED) is 0.655. The molecule has 0 heterocycles. The predicted octanol–water partition coefficient (Wildman–Crippen LogP) is 0.672. The van der Waals surface area contributed by atoms with Crippen molar-refractivity contribution >= 4 is 5.91 Å². The molecule has 3 nitrogen and oxygen atoms in total. The lowest BCUT2D eigenvalue weighted by Gasteiger charge is -2.16. The smallest absolute Gasteiger partial charge is 0.223 e. The fraction of sp³-hybridized carbons (Fsp3) is 0.889. The van der Waals surface area contributed by atoms with Gasteiger partial charge in [0.15, 0.2) is 0 Å². The van der Waals surface area contributed by atoms with Gasteiger partial charge in [-0.25, -0.2) is 0 Å². The topological polar surface area (TPSA) is 49.3 Å². The molecule has 2 atom stereocenters. The highest BCUT2D eigenvalue weighted by Gasteiger charge is 2.34. The van der Waals surface area contributed by atoms with Crippen LogP contribution in [0, 0.1) is 5.92 Å². The number of hydrogen-bond acceptors (Lipinski definition) is 2. The summed E-state index contributed by atoms with van der Waals surface area (Å²) in [4.78, 5) is 11.2. The number of carbonyl (C=O) groups is 1. The molecule has 0 aromatic rings. The first kappa shape index (κ1) is 9.52. The third kappa shape index (κ3) is 3.22. The molecule has 0 aliphatic heterocycles. The molecule has 0 spiro atoms. The number of carbonyl (C=O) groups excluding carboxylic acids is 1. The van der Waals surface area contributed by atoms with Gasteiger partial charge in [-0.3, -0.25) is 4.79 Å². The maximum absolute atomic E-state index is 11.2. The van der Waals surface area contributed by atoms with Gasteiger partial charge in [-0.1, -0.05) is 6.92 Å². The molecule has 0 bridgehead atoms. The third-order valence-electron chi connectivity index (χ3n) is 2.05. The zero-order valence-electron chi connectivity index (χ0n) is 7.92. The van der Waals surface area contributed by atoms with Gasteiger partial charge >= 0.3 is 0 Å². The molecule has 1 saturated carbocycles. The minimum absolute atomic E-state index is 0.0446. The van der Waals surface area contributed by atoms with Gasteiger partial charge in [0.2, 0.25) is 5.91 Å². The molecule has 12 heavy (non-hydrogen) atoms. The second kappa shape index (κ2) is 3.05. The summed E-state index contributed by atoms with van der Waals surface area (Å²) in [6, 6.07) is 0.361. The molecule has 0 aromatic heterocycles. The van der Waals surface area contributed by atoms with Crippen molar-refractivity contribution in [2.75, 3.05) is 0 Å². The van der Waals surface area contributed by atoms with Gasteiger partial charge in [0, 0.05) is 6.04 Å². The first-order valence-electron chi connectivity index (χ1n) is 4.40. The number of aliphatic hydroxyl groups is 1. The monoisotopic (exact) mass is 171 g/mol. The van der Waals surface area contributed by atoms with Crippen LogP contribution in [0.25, 0.3) is 0 Å². The Morgan fingerprint density at radius 2 is 2.17 bits per heavy atom. The molecule has 1 aliphatic carbocycles. The first-order chi connectivity index (χ1) is 5.38. The summed E-state index contributed by atoms with van der Waals surface area (Å²) in [6.45, 7) is 5.39. The summed E-state index contributed by atoms with van der Waals surface area (Å²) in [5.41, 5.74) is -0.887. The Balaban J connectivity index is 2.21. The highest BCUT2D eigenvalue weighted by molar-refractivity contribution is 5.77. The molecule has 70 valence electrons. The van der Waals surface area contributed by atoms with Gasteiger partial charge in [0.05, 0.1) is 12.0 Å². The Morgan fingerprint density at radius 1 is 1.67 bits per heavy atom. The minimum Gasteiger partial charge on any atom is -0.390 e. The van der Waals surface area contributed by atoms with Crippen LogP contribution in [0.3, 0.4) is 0 Å². The summed E-state index contributed by atoms with van der Waals surface area (Å²) in [6.07, 6.45) is 1.27. The summed E-state index contributed by atoms with van der Waals surface area (Å²) < 4.78 is 0. The lowest BCUT2D eigenvalue weighted by Crippen LogP contribution is -2.33. The van der Waals surface area contributed by atoms with E-state index in [1.807, 2.05) is 0 Å². The van der Waals surface area contributed by atoms with Crippen LogP contribution < -0.4 is 5.32 Å². The Hall–Kier alpha value is -0.570. The first-order valence-corrected chi connectivity index (χ1v) is 4.40. The second-order valence-corrected chi connectivity index (χ2v) is 4.38. The SMILES string of the molecule is CC1CC1NC(=O)CC(C)(C)O. The molecular weight excluding hydrogens is 154 g/mol. The summed E-state index contributed by atoms with van der Waals surface area (Å²) in [5, 5.41) is 12.2. The molecule has 0 radical (unpaired) electrons. The standard InChI is InChI=1S/C9H17NO2/c1-6-4-7(6)10-8(11)5-9(2,3)12/h6-7,12H,4-5H2,1-3H3,(H,10,11). The van der Waals surface area contributed by atoms with Crippen molar-refractivity contribution in [3.05, 3.63) is 0 Å². The van der Waals surface area contributed by atoms with Crippen LogP contribution in [-0.2, 0) is 4.79 Å². The molecule has 1 amide bonds. The van der Waals surface area contributed by atoms with Crippen LogP contribution in [0.15, 0.2) is 0 Å². The van der Waals surface area contributed by atoms with Gasteiger partial charge < -0.3 is 10.4 Å². The van der Waals surface area contributed by atoms with Crippen molar-refractivity contribution in [3.8, 4) is 0 Å². The summed E-state index contributed by atoms with van der Waals surface area (Å²) >= 11 is 0. The van der Waals surface area contributed by atoms with E-state index >= 15 is 0 Å². The zero-order chi connectivity index (χ0) is 9.35. The molecular formula is C9H17NO2. The van der Waals surface area contributed by atoms with E-state index in [4.69, 9.17) is 0 Å². The Bertz CT molecular complexity index is 183. The van der Waals surface area contributed by atoms with Crippen LogP contribution in [-0.4, -0.2) is 22.7 Å². The fourth-order valence-corrected chi connectivity index (χ4v) is 1.17. The van der Waals surface area contributed by atoms with Crippen LogP contribution in [0.2, 0.25) is 0 Å². The number of hydrogen-bond donors (Lipinski definition) is 2. The van der Waals surface area contributed by atoms with Crippen LogP contribution in [0.1, 0.15) is 33.6 Å². The van der Waals surface area contributed by atoms with Crippen LogP contribution in [0.5, 0.6) is 0 Å². The molecule has 1 fully saturated rings. The van der Waals surface area contributed by atoms with Crippen molar-refractivity contribution in [1.82, 2.24) is 5.32 Å². The van der Waals surface area contributed by atoms with E-state index in [0.29, 0.717) is 12.0 Å². The average Bonchev–Trinajstić information content (AvgIpc) is 2.40. The van der Waals surface area contributed by atoms with E-state index in [0.717, 1.165) is 6.42 Å². The number of rotatable bonds is 3. The minimum atomic E-state index is -0.887. The van der Waals surface area contributed by atoms with Crippen molar-refractivity contribution in [1.29, 1.82) is 0 Å². The van der Waals surface area contributed by atoms with Gasteiger partial charge in [-0.15, -0.1) is 0 Å².